The largest absolute Gasteiger partial charge is 0.352 e. The van der Waals surface area contributed by atoms with E-state index in [0.717, 1.165) is 41.3 Å². The maximum atomic E-state index is 14.3. The first kappa shape index (κ1) is 28.7. The highest BCUT2D eigenvalue weighted by atomic mass is 79.9. The van der Waals surface area contributed by atoms with Crippen molar-refractivity contribution in [2.75, 3.05) is 5.75 Å². The lowest BCUT2D eigenvalue weighted by molar-refractivity contribution is -0.139. The number of carbonyl (C=O) groups excluding carboxylic acids is 2. The number of amides is 2. The van der Waals surface area contributed by atoms with E-state index in [1.807, 2.05) is 54.6 Å². The zero-order valence-corrected chi connectivity index (χ0v) is 24.2. The van der Waals surface area contributed by atoms with Crippen LogP contribution < -0.4 is 5.32 Å². The third-order valence-corrected chi connectivity index (χ3v) is 8.60. The molecule has 0 saturated heterocycles. The Labute approximate surface area is 241 Å². The number of hydrogen-bond donors (Lipinski definition) is 1. The van der Waals surface area contributed by atoms with Crippen LogP contribution in [0.4, 0.5) is 4.39 Å². The molecule has 1 aliphatic carbocycles. The molecule has 2 amide bonds. The molecule has 0 aromatic heterocycles. The Hall–Kier alpha value is -2.35. The van der Waals surface area contributed by atoms with E-state index in [4.69, 9.17) is 11.6 Å². The van der Waals surface area contributed by atoms with Crippen LogP contribution in [0.5, 0.6) is 0 Å². The van der Waals surface area contributed by atoms with Crippen molar-refractivity contribution in [3.05, 3.63) is 105 Å². The van der Waals surface area contributed by atoms with Crippen LogP contribution in [0, 0.1) is 5.82 Å². The quantitative estimate of drug-likeness (QED) is 0.248. The molecule has 1 saturated carbocycles. The summed E-state index contributed by atoms with van der Waals surface area (Å²) >= 11 is 10.9. The Morgan fingerprint density at radius 3 is 2.39 bits per heavy atom. The zero-order valence-electron chi connectivity index (χ0n) is 21.0. The van der Waals surface area contributed by atoms with Gasteiger partial charge in [0.05, 0.1) is 5.75 Å². The van der Waals surface area contributed by atoms with Gasteiger partial charge in [0.1, 0.15) is 11.9 Å². The Morgan fingerprint density at radius 1 is 1.00 bits per heavy atom. The van der Waals surface area contributed by atoms with E-state index < -0.39 is 6.04 Å². The summed E-state index contributed by atoms with van der Waals surface area (Å²) in [4.78, 5) is 29.1. The maximum absolute atomic E-state index is 14.3. The molecule has 0 radical (unpaired) electrons. The van der Waals surface area contributed by atoms with Crippen molar-refractivity contribution >= 4 is 51.1 Å². The van der Waals surface area contributed by atoms with E-state index >= 15 is 0 Å². The van der Waals surface area contributed by atoms with Gasteiger partial charge < -0.3 is 10.2 Å². The molecule has 0 unspecified atom stereocenters. The van der Waals surface area contributed by atoms with Gasteiger partial charge in [-0.2, -0.15) is 0 Å². The lowest BCUT2D eigenvalue weighted by Gasteiger charge is -2.32. The predicted molar refractivity (Wildman–Crippen MR) is 157 cm³/mol. The minimum Gasteiger partial charge on any atom is -0.352 e. The molecule has 8 heteroatoms. The average Bonchev–Trinajstić information content (AvgIpc) is 3.42. The summed E-state index contributed by atoms with van der Waals surface area (Å²) in [7, 11) is 0. The molecule has 38 heavy (non-hydrogen) atoms. The predicted octanol–water partition coefficient (Wildman–Crippen LogP) is 7.17. The lowest BCUT2D eigenvalue weighted by atomic mass is 10.0. The van der Waals surface area contributed by atoms with Gasteiger partial charge in [-0.1, -0.05) is 88.9 Å². The Morgan fingerprint density at radius 2 is 1.71 bits per heavy atom. The molecule has 3 aromatic carbocycles. The Kier molecular flexibility index (Phi) is 10.7. The van der Waals surface area contributed by atoms with Gasteiger partial charge in [0, 0.05) is 39.8 Å². The van der Waals surface area contributed by atoms with E-state index in [1.54, 1.807) is 17.0 Å². The average molecular weight is 618 g/mol. The first-order chi connectivity index (χ1) is 18.4. The van der Waals surface area contributed by atoms with Crippen LogP contribution >= 0.6 is 39.3 Å². The van der Waals surface area contributed by atoms with Crippen LogP contribution in [-0.2, 0) is 28.3 Å². The van der Waals surface area contributed by atoms with Crippen LogP contribution in [0.25, 0.3) is 0 Å². The molecule has 1 N–H and O–H groups in total. The van der Waals surface area contributed by atoms with E-state index in [9.17, 15) is 14.0 Å². The second kappa shape index (κ2) is 14.2. The molecule has 4 nitrogen and oxygen atoms in total. The number of hydrogen-bond acceptors (Lipinski definition) is 3. The van der Waals surface area contributed by atoms with Crippen LogP contribution in [0.2, 0.25) is 5.02 Å². The van der Waals surface area contributed by atoms with Crippen molar-refractivity contribution in [3.63, 3.8) is 0 Å². The summed E-state index contributed by atoms with van der Waals surface area (Å²) < 4.78 is 15.2. The molecule has 0 aliphatic heterocycles. The van der Waals surface area contributed by atoms with Crippen molar-refractivity contribution in [1.29, 1.82) is 0 Å². The Bertz CT molecular complexity index is 1200. The first-order valence-corrected chi connectivity index (χ1v) is 15.1. The van der Waals surface area contributed by atoms with Crippen molar-refractivity contribution in [1.82, 2.24) is 10.2 Å². The maximum Gasteiger partial charge on any atom is 0.243 e. The van der Waals surface area contributed by atoms with Gasteiger partial charge in [-0.3, -0.25) is 9.59 Å². The molecule has 0 bridgehead atoms. The van der Waals surface area contributed by atoms with Gasteiger partial charge in [-0.15, -0.1) is 11.8 Å². The lowest BCUT2D eigenvalue weighted by Crippen LogP contribution is -2.52. The third-order valence-electron chi connectivity index (χ3n) is 6.77. The SMILES string of the molecule is O=C(NC1CCCC1)[C@@H](Cc1ccccc1)N(Cc1ccc(Br)cc1)C(=O)CSCc1c(F)cccc1Cl. The van der Waals surface area contributed by atoms with Crippen LogP contribution in [0.15, 0.2) is 77.3 Å². The van der Waals surface area contributed by atoms with Gasteiger partial charge in [-0.25, -0.2) is 4.39 Å². The number of rotatable bonds is 11. The summed E-state index contributed by atoms with van der Waals surface area (Å²) in [5.74, 6) is -0.326. The number of nitrogens with zero attached hydrogens (tertiary/aromatic N) is 1. The van der Waals surface area contributed by atoms with Crippen LogP contribution in [-0.4, -0.2) is 34.6 Å². The Balaban J connectivity index is 1.57. The third kappa shape index (κ3) is 8.08. The minimum atomic E-state index is -0.674. The smallest absolute Gasteiger partial charge is 0.243 e. The molecule has 4 rings (SSSR count). The molecule has 3 aromatic rings. The summed E-state index contributed by atoms with van der Waals surface area (Å²) in [6, 6.07) is 21.6. The van der Waals surface area contributed by atoms with Gasteiger partial charge >= 0.3 is 0 Å². The fraction of sp³-hybridized carbons (Fsp3) is 0.333. The topological polar surface area (TPSA) is 49.4 Å². The summed E-state index contributed by atoms with van der Waals surface area (Å²) in [6.07, 6.45) is 4.54. The van der Waals surface area contributed by atoms with Gasteiger partial charge in [-0.05, 0) is 48.2 Å². The number of nitrogens with one attached hydrogen (secondary N) is 1. The van der Waals surface area contributed by atoms with Crippen molar-refractivity contribution in [2.24, 2.45) is 0 Å². The van der Waals surface area contributed by atoms with E-state index in [2.05, 4.69) is 21.2 Å². The van der Waals surface area contributed by atoms with Gasteiger partial charge in [0.15, 0.2) is 0 Å². The van der Waals surface area contributed by atoms with Crippen molar-refractivity contribution in [2.45, 2.75) is 56.5 Å². The normalized spacial score (nSPS) is 14.3. The fourth-order valence-electron chi connectivity index (χ4n) is 4.70. The van der Waals surface area contributed by atoms with Gasteiger partial charge in [0.2, 0.25) is 11.8 Å². The summed E-state index contributed by atoms with van der Waals surface area (Å²) in [5, 5.41) is 3.55. The standard InChI is InChI=1S/C30H31BrClFN2O2S/c31-23-15-13-22(14-16-23)18-35(29(36)20-38-19-25-26(32)11-6-12-27(25)33)28(17-21-7-2-1-3-8-21)30(37)34-24-9-4-5-10-24/h1-3,6-8,11-16,24,28H,4-5,9-10,17-20H2,(H,34,37)/t28-/m1/s1. The summed E-state index contributed by atoms with van der Waals surface area (Å²) in [6.45, 7) is 0.294. The van der Waals surface area contributed by atoms with Crippen LogP contribution in [0.1, 0.15) is 42.4 Å². The second-order valence-corrected chi connectivity index (χ2v) is 11.8. The zero-order chi connectivity index (χ0) is 26.9. The molecule has 0 spiro atoms. The molecule has 200 valence electrons. The van der Waals surface area contributed by atoms with Crippen LogP contribution in [0.3, 0.4) is 0 Å². The molecular weight excluding hydrogens is 587 g/mol. The number of halogens is 3. The number of benzene rings is 3. The highest BCUT2D eigenvalue weighted by Crippen LogP contribution is 2.25. The monoisotopic (exact) mass is 616 g/mol. The molecule has 1 fully saturated rings. The summed E-state index contributed by atoms with van der Waals surface area (Å²) in [5.41, 5.74) is 2.29. The minimum absolute atomic E-state index is 0.100. The molecular formula is C30H31BrClFN2O2S. The fourth-order valence-corrected chi connectivity index (χ4v) is 6.21. The molecule has 1 atom stereocenters. The van der Waals surface area contributed by atoms with E-state index in [-0.39, 0.29) is 35.2 Å². The van der Waals surface area contributed by atoms with Crippen molar-refractivity contribution < 1.29 is 14.0 Å². The molecule has 1 aliphatic rings. The first-order valence-electron chi connectivity index (χ1n) is 12.8. The van der Waals surface area contributed by atoms with E-state index in [1.165, 1.54) is 17.8 Å². The highest BCUT2D eigenvalue weighted by molar-refractivity contribution is 9.10. The number of carbonyl (C=O) groups is 2. The highest BCUT2D eigenvalue weighted by Gasteiger charge is 2.32. The number of thioether (sulfide) groups is 1. The van der Waals surface area contributed by atoms with Crippen molar-refractivity contribution in [3.8, 4) is 0 Å². The molecule has 0 heterocycles. The second-order valence-electron chi connectivity index (χ2n) is 9.54. The van der Waals surface area contributed by atoms with E-state index in [0.29, 0.717) is 23.6 Å². The van der Waals surface area contributed by atoms with Gasteiger partial charge in [0.25, 0.3) is 0 Å².